The van der Waals surface area contributed by atoms with Crippen LogP contribution in [-0.4, -0.2) is 11.1 Å². The second kappa shape index (κ2) is 5.42. The lowest BCUT2D eigenvalue weighted by molar-refractivity contribution is -0.138. The Morgan fingerprint density at radius 2 is 2.11 bits per heavy atom. The number of nitrogen functional groups attached to an aromatic ring is 1. The molecule has 0 spiro atoms. The summed E-state index contributed by atoms with van der Waals surface area (Å²) in [5.41, 5.74) is 8.74. The van der Waals surface area contributed by atoms with Crippen molar-refractivity contribution in [3.05, 3.63) is 29.3 Å². The van der Waals surface area contributed by atoms with Crippen LogP contribution in [-0.2, 0) is 11.2 Å². The van der Waals surface area contributed by atoms with E-state index in [9.17, 15) is 4.79 Å². The molecule has 0 saturated heterocycles. The summed E-state index contributed by atoms with van der Waals surface area (Å²) < 4.78 is 0. The molecule has 1 aliphatic carbocycles. The first kappa shape index (κ1) is 12.9. The summed E-state index contributed by atoms with van der Waals surface area (Å²) in [6, 6.07) is 5.73. The molecule has 1 aliphatic rings. The van der Waals surface area contributed by atoms with Gasteiger partial charge in [-0.15, -0.1) is 0 Å². The van der Waals surface area contributed by atoms with Gasteiger partial charge >= 0.3 is 5.97 Å². The van der Waals surface area contributed by atoms with Crippen molar-refractivity contribution in [3.8, 4) is 0 Å². The van der Waals surface area contributed by atoms with Gasteiger partial charge in [0, 0.05) is 5.69 Å². The minimum absolute atomic E-state index is 0.493. The van der Waals surface area contributed by atoms with Crippen LogP contribution in [0.1, 0.15) is 49.7 Å². The van der Waals surface area contributed by atoms with Crippen molar-refractivity contribution < 1.29 is 9.90 Å². The monoisotopic (exact) mass is 247 g/mol. The first-order valence-corrected chi connectivity index (χ1v) is 6.69. The van der Waals surface area contributed by atoms with Crippen LogP contribution < -0.4 is 5.73 Å². The highest BCUT2D eigenvalue weighted by atomic mass is 16.4. The summed E-state index contributed by atoms with van der Waals surface area (Å²) in [6.07, 6.45) is 6.30. The largest absolute Gasteiger partial charge is 0.481 e. The van der Waals surface area contributed by atoms with Gasteiger partial charge in [0.2, 0.25) is 0 Å². The molecule has 0 aliphatic heterocycles. The fraction of sp³-hybridized carbons (Fsp3) is 0.533. The number of anilines is 1. The molecule has 3 N–H and O–H groups in total. The van der Waals surface area contributed by atoms with Crippen molar-refractivity contribution in [1.29, 1.82) is 0 Å². The highest BCUT2D eigenvalue weighted by Crippen LogP contribution is 2.30. The lowest BCUT2D eigenvalue weighted by atomic mass is 9.93. The number of aliphatic carboxylic acids is 1. The fourth-order valence-corrected chi connectivity index (χ4v) is 2.74. The van der Waals surface area contributed by atoms with Crippen molar-refractivity contribution in [2.24, 2.45) is 5.92 Å². The molecule has 0 aromatic heterocycles. The molecule has 1 unspecified atom stereocenters. The molecular formula is C15H21NO2. The van der Waals surface area contributed by atoms with Gasteiger partial charge in [0.15, 0.2) is 0 Å². The van der Waals surface area contributed by atoms with Crippen LogP contribution in [0.15, 0.2) is 18.2 Å². The number of benzene rings is 1. The molecule has 18 heavy (non-hydrogen) atoms. The molecule has 3 nitrogen and oxygen atoms in total. The Morgan fingerprint density at radius 1 is 1.44 bits per heavy atom. The average Bonchev–Trinajstić information content (AvgIpc) is 2.83. The van der Waals surface area contributed by atoms with E-state index in [2.05, 4.69) is 0 Å². The molecule has 1 aromatic rings. The lowest BCUT2D eigenvalue weighted by Gasteiger charge is -2.14. The minimum atomic E-state index is -0.807. The summed E-state index contributed by atoms with van der Waals surface area (Å²) in [5.74, 6) is -0.541. The maximum absolute atomic E-state index is 10.9. The van der Waals surface area contributed by atoms with Crippen LogP contribution in [0.4, 0.5) is 5.69 Å². The zero-order valence-electron chi connectivity index (χ0n) is 10.9. The number of hydrogen-bond donors (Lipinski definition) is 2. The van der Waals surface area contributed by atoms with Gasteiger partial charge in [-0.2, -0.15) is 0 Å². The second-order valence-electron chi connectivity index (χ2n) is 5.37. The summed E-state index contributed by atoms with van der Waals surface area (Å²) >= 11 is 0. The van der Waals surface area contributed by atoms with Crippen molar-refractivity contribution in [1.82, 2.24) is 0 Å². The van der Waals surface area contributed by atoms with E-state index < -0.39 is 11.9 Å². The van der Waals surface area contributed by atoms with Crippen LogP contribution >= 0.6 is 0 Å². The number of rotatable bonds is 4. The topological polar surface area (TPSA) is 63.3 Å². The van der Waals surface area contributed by atoms with Gasteiger partial charge in [0.05, 0.1) is 5.92 Å². The van der Waals surface area contributed by atoms with E-state index in [-0.39, 0.29) is 0 Å². The molecule has 1 aromatic carbocycles. The van der Waals surface area contributed by atoms with Crippen molar-refractivity contribution in [2.45, 2.75) is 44.9 Å². The maximum atomic E-state index is 10.9. The standard InChI is InChI=1S/C15H21NO2/c1-10(15(17)18)12-6-7-13(14(16)9-12)8-11-4-2-3-5-11/h6-7,9-11H,2-5,8,16H2,1H3,(H,17,18). The third-order valence-corrected chi connectivity index (χ3v) is 4.02. The molecule has 1 atom stereocenters. The van der Waals surface area contributed by atoms with Crippen molar-refractivity contribution >= 4 is 11.7 Å². The smallest absolute Gasteiger partial charge is 0.310 e. The zero-order valence-corrected chi connectivity index (χ0v) is 10.9. The summed E-state index contributed by atoms with van der Waals surface area (Å²) in [7, 11) is 0. The summed E-state index contributed by atoms with van der Waals surface area (Å²) in [4.78, 5) is 10.9. The van der Waals surface area contributed by atoms with Crippen LogP contribution in [0.5, 0.6) is 0 Å². The molecule has 3 heteroatoms. The maximum Gasteiger partial charge on any atom is 0.310 e. The Morgan fingerprint density at radius 3 is 2.67 bits per heavy atom. The number of carboxylic acids is 1. The SMILES string of the molecule is CC(C(=O)O)c1ccc(CC2CCCC2)c(N)c1. The predicted octanol–water partition coefficient (Wildman–Crippen LogP) is 3.19. The molecule has 1 fully saturated rings. The molecular weight excluding hydrogens is 226 g/mol. The first-order valence-electron chi connectivity index (χ1n) is 6.69. The highest BCUT2D eigenvalue weighted by molar-refractivity contribution is 5.76. The van der Waals surface area contributed by atoms with Crippen LogP contribution in [0.2, 0.25) is 0 Å². The van der Waals surface area contributed by atoms with Crippen LogP contribution in [0.25, 0.3) is 0 Å². The molecule has 0 bridgehead atoms. The predicted molar refractivity (Wildman–Crippen MR) is 72.6 cm³/mol. The summed E-state index contributed by atoms with van der Waals surface area (Å²) in [6.45, 7) is 1.69. The van der Waals surface area contributed by atoms with E-state index in [1.165, 1.54) is 31.2 Å². The average molecular weight is 247 g/mol. The number of carbonyl (C=O) groups is 1. The number of nitrogens with two attached hydrogens (primary N) is 1. The van der Waals surface area contributed by atoms with Crippen LogP contribution in [0.3, 0.4) is 0 Å². The Labute approximate surface area is 108 Å². The van der Waals surface area contributed by atoms with Gasteiger partial charge in [0.25, 0.3) is 0 Å². The number of carboxylic acid groups (broad SMARTS) is 1. The van der Waals surface area contributed by atoms with Gasteiger partial charge in [0.1, 0.15) is 0 Å². The van der Waals surface area contributed by atoms with Gasteiger partial charge in [-0.3, -0.25) is 4.79 Å². The Kier molecular flexibility index (Phi) is 3.90. The molecule has 0 heterocycles. The molecule has 98 valence electrons. The van der Waals surface area contributed by atoms with E-state index in [0.717, 1.165) is 23.6 Å². The van der Waals surface area contributed by atoms with E-state index in [1.54, 1.807) is 6.92 Å². The highest BCUT2D eigenvalue weighted by Gasteiger charge is 2.18. The molecule has 0 radical (unpaired) electrons. The van der Waals surface area contributed by atoms with E-state index in [0.29, 0.717) is 0 Å². The second-order valence-corrected chi connectivity index (χ2v) is 5.37. The molecule has 0 amide bonds. The zero-order chi connectivity index (χ0) is 13.1. The van der Waals surface area contributed by atoms with E-state index in [4.69, 9.17) is 10.8 Å². The first-order chi connectivity index (χ1) is 8.58. The van der Waals surface area contributed by atoms with Crippen LogP contribution in [0, 0.1) is 5.92 Å². The van der Waals surface area contributed by atoms with E-state index in [1.807, 2.05) is 18.2 Å². The quantitative estimate of drug-likeness (QED) is 0.803. The van der Waals surface area contributed by atoms with Gasteiger partial charge in [-0.1, -0.05) is 37.8 Å². The third kappa shape index (κ3) is 2.84. The molecule has 2 rings (SSSR count). The molecule has 1 saturated carbocycles. The van der Waals surface area contributed by atoms with E-state index >= 15 is 0 Å². The lowest BCUT2D eigenvalue weighted by Crippen LogP contribution is -2.09. The van der Waals surface area contributed by atoms with Gasteiger partial charge in [-0.05, 0) is 36.5 Å². The summed E-state index contributed by atoms with van der Waals surface area (Å²) in [5, 5.41) is 8.98. The third-order valence-electron chi connectivity index (χ3n) is 4.02. The van der Waals surface area contributed by atoms with Crippen molar-refractivity contribution in [3.63, 3.8) is 0 Å². The van der Waals surface area contributed by atoms with Crippen molar-refractivity contribution in [2.75, 3.05) is 5.73 Å². The Bertz CT molecular complexity index is 436. The normalized spacial score (nSPS) is 17.8. The van der Waals surface area contributed by atoms with Gasteiger partial charge in [-0.25, -0.2) is 0 Å². The Balaban J connectivity index is 2.11. The fourth-order valence-electron chi connectivity index (χ4n) is 2.74. The minimum Gasteiger partial charge on any atom is -0.481 e. The number of hydrogen-bond acceptors (Lipinski definition) is 2. The Hall–Kier alpha value is -1.51. The van der Waals surface area contributed by atoms with Gasteiger partial charge < -0.3 is 10.8 Å².